The molecule has 2 rings (SSSR count). The molecule has 1 aromatic carbocycles. The Morgan fingerprint density at radius 3 is 2.60 bits per heavy atom. The smallest absolute Gasteiger partial charge is 0.416 e. The Bertz CT molecular complexity index is 751. The van der Waals surface area contributed by atoms with Gasteiger partial charge in [0.05, 0.1) is 12.7 Å². The number of methoxy groups -OCH3 is 1. The van der Waals surface area contributed by atoms with Crippen molar-refractivity contribution in [2.75, 3.05) is 13.7 Å². The molecule has 0 atom stereocenters. The van der Waals surface area contributed by atoms with Gasteiger partial charge in [0.15, 0.2) is 0 Å². The van der Waals surface area contributed by atoms with Crippen LogP contribution in [-0.4, -0.2) is 23.6 Å². The molecule has 4 nitrogen and oxygen atoms in total. The standard InChI is InChI=1S/C17H17F3N2O2S/c1-3-7-21-16(25)14-9-13(23-2)10-15(22-14)24-12-6-4-5-11(8-12)17(18,19)20/h4-6,8-10H,3,7H2,1-2H3,(H,21,25). The van der Waals surface area contributed by atoms with Crippen LogP contribution in [0.3, 0.4) is 0 Å². The number of benzene rings is 1. The highest BCUT2D eigenvalue weighted by molar-refractivity contribution is 7.80. The monoisotopic (exact) mass is 370 g/mol. The maximum Gasteiger partial charge on any atom is 0.416 e. The van der Waals surface area contributed by atoms with E-state index in [1.165, 1.54) is 25.3 Å². The Hall–Kier alpha value is -2.35. The quantitative estimate of drug-likeness (QED) is 0.754. The molecule has 0 aliphatic heterocycles. The minimum Gasteiger partial charge on any atom is -0.496 e. The predicted molar refractivity (Wildman–Crippen MR) is 92.3 cm³/mol. The van der Waals surface area contributed by atoms with Crippen molar-refractivity contribution in [1.82, 2.24) is 10.3 Å². The van der Waals surface area contributed by atoms with Crippen LogP contribution in [-0.2, 0) is 6.18 Å². The summed E-state index contributed by atoms with van der Waals surface area (Å²) in [6.45, 7) is 2.68. The lowest BCUT2D eigenvalue weighted by Gasteiger charge is -2.12. The van der Waals surface area contributed by atoms with Crippen LogP contribution in [0.2, 0.25) is 0 Å². The van der Waals surface area contributed by atoms with Crippen LogP contribution in [0.5, 0.6) is 17.4 Å². The van der Waals surface area contributed by atoms with Gasteiger partial charge in [0, 0.05) is 18.7 Å². The number of hydrogen-bond donors (Lipinski definition) is 1. The van der Waals surface area contributed by atoms with E-state index in [0.29, 0.717) is 23.0 Å². The van der Waals surface area contributed by atoms with Crippen molar-refractivity contribution < 1.29 is 22.6 Å². The number of nitrogens with zero attached hydrogens (tertiary/aromatic N) is 1. The SMILES string of the molecule is CCCNC(=S)c1cc(OC)cc(Oc2cccc(C(F)(F)F)c2)n1. The van der Waals surface area contributed by atoms with E-state index < -0.39 is 11.7 Å². The Balaban J connectivity index is 2.28. The van der Waals surface area contributed by atoms with Gasteiger partial charge in [-0.15, -0.1) is 0 Å². The van der Waals surface area contributed by atoms with Crippen LogP contribution >= 0.6 is 12.2 Å². The van der Waals surface area contributed by atoms with Crippen molar-refractivity contribution >= 4 is 17.2 Å². The number of pyridine rings is 1. The van der Waals surface area contributed by atoms with Crippen molar-refractivity contribution in [3.05, 3.63) is 47.7 Å². The number of alkyl halides is 3. The van der Waals surface area contributed by atoms with E-state index in [0.717, 1.165) is 18.6 Å². The van der Waals surface area contributed by atoms with E-state index in [4.69, 9.17) is 21.7 Å². The van der Waals surface area contributed by atoms with Crippen LogP contribution in [0.1, 0.15) is 24.6 Å². The fourth-order valence-electron chi connectivity index (χ4n) is 1.95. The predicted octanol–water partition coefficient (Wildman–Crippen LogP) is 4.58. The molecule has 0 fully saturated rings. The summed E-state index contributed by atoms with van der Waals surface area (Å²) in [6, 6.07) is 7.68. The summed E-state index contributed by atoms with van der Waals surface area (Å²) in [5.41, 5.74) is -0.377. The van der Waals surface area contributed by atoms with E-state index in [1.807, 2.05) is 6.92 Å². The molecule has 1 aromatic heterocycles. The molecule has 1 heterocycles. The number of hydrogen-bond acceptors (Lipinski definition) is 4. The molecular weight excluding hydrogens is 353 g/mol. The number of nitrogens with one attached hydrogen (secondary N) is 1. The van der Waals surface area contributed by atoms with E-state index in [9.17, 15) is 13.2 Å². The second-order valence-corrected chi connectivity index (χ2v) is 5.52. The number of aromatic nitrogens is 1. The molecule has 134 valence electrons. The summed E-state index contributed by atoms with van der Waals surface area (Å²) < 4.78 is 49.0. The van der Waals surface area contributed by atoms with Gasteiger partial charge in [-0.05, 0) is 24.6 Å². The zero-order valence-corrected chi connectivity index (χ0v) is 14.5. The van der Waals surface area contributed by atoms with E-state index in [1.54, 1.807) is 6.07 Å². The third-order valence-corrected chi connectivity index (χ3v) is 3.52. The Morgan fingerprint density at radius 2 is 1.96 bits per heavy atom. The second-order valence-electron chi connectivity index (χ2n) is 5.11. The topological polar surface area (TPSA) is 43.4 Å². The lowest BCUT2D eigenvalue weighted by molar-refractivity contribution is -0.137. The van der Waals surface area contributed by atoms with Crippen molar-refractivity contribution in [1.29, 1.82) is 0 Å². The molecule has 0 saturated carbocycles. The summed E-state index contributed by atoms with van der Waals surface area (Å²) in [5.74, 6) is 0.552. The molecule has 1 N–H and O–H groups in total. The first-order valence-electron chi connectivity index (χ1n) is 7.53. The first-order chi connectivity index (χ1) is 11.8. The molecule has 0 unspecified atom stereocenters. The summed E-state index contributed by atoms with van der Waals surface area (Å²) in [7, 11) is 1.47. The third-order valence-electron chi connectivity index (χ3n) is 3.16. The molecule has 0 bridgehead atoms. The number of ether oxygens (including phenoxy) is 2. The molecule has 0 aliphatic rings. The second kappa shape index (κ2) is 8.15. The van der Waals surface area contributed by atoms with Gasteiger partial charge in [0.25, 0.3) is 0 Å². The van der Waals surface area contributed by atoms with Crippen molar-refractivity contribution in [3.63, 3.8) is 0 Å². The van der Waals surface area contributed by atoms with Crippen LogP contribution in [0, 0.1) is 0 Å². The molecule has 0 saturated heterocycles. The zero-order valence-electron chi connectivity index (χ0n) is 13.7. The van der Waals surface area contributed by atoms with Crippen LogP contribution in [0.4, 0.5) is 13.2 Å². The Kier molecular flexibility index (Phi) is 6.19. The highest BCUT2D eigenvalue weighted by atomic mass is 32.1. The van der Waals surface area contributed by atoms with Gasteiger partial charge in [-0.25, -0.2) is 4.98 Å². The average molecular weight is 370 g/mol. The highest BCUT2D eigenvalue weighted by Crippen LogP contribution is 2.33. The highest BCUT2D eigenvalue weighted by Gasteiger charge is 2.30. The maximum absolute atomic E-state index is 12.8. The number of halogens is 3. The summed E-state index contributed by atoms with van der Waals surface area (Å²) in [5, 5.41) is 3.03. The largest absolute Gasteiger partial charge is 0.496 e. The molecule has 0 aliphatic carbocycles. The normalized spacial score (nSPS) is 11.1. The first kappa shape index (κ1) is 19.0. The van der Waals surface area contributed by atoms with Gasteiger partial charge in [-0.2, -0.15) is 13.2 Å². The van der Waals surface area contributed by atoms with Crippen molar-refractivity contribution in [2.24, 2.45) is 0 Å². The van der Waals surface area contributed by atoms with Gasteiger partial charge in [0.2, 0.25) is 5.88 Å². The lowest BCUT2D eigenvalue weighted by Crippen LogP contribution is -2.24. The molecule has 0 spiro atoms. The van der Waals surface area contributed by atoms with Crippen molar-refractivity contribution in [2.45, 2.75) is 19.5 Å². The van der Waals surface area contributed by atoms with Gasteiger partial charge in [0.1, 0.15) is 22.2 Å². The Morgan fingerprint density at radius 1 is 1.20 bits per heavy atom. The molecule has 2 aromatic rings. The molecular formula is C17H17F3N2O2S. The number of rotatable bonds is 6. The fraction of sp³-hybridized carbons (Fsp3) is 0.294. The maximum atomic E-state index is 12.8. The lowest BCUT2D eigenvalue weighted by atomic mass is 10.2. The zero-order chi connectivity index (χ0) is 18.4. The average Bonchev–Trinajstić information content (AvgIpc) is 2.58. The molecule has 25 heavy (non-hydrogen) atoms. The van der Waals surface area contributed by atoms with Gasteiger partial charge in [-0.3, -0.25) is 0 Å². The minimum atomic E-state index is -4.45. The van der Waals surface area contributed by atoms with Gasteiger partial charge < -0.3 is 14.8 Å². The van der Waals surface area contributed by atoms with E-state index in [2.05, 4.69) is 10.3 Å². The van der Waals surface area contributed by atoms with Gasteiger partial charge in [-0.1, -0.05) is 25.2 Å². The molecule has 8 heteroatoms. The van der Waals surface area contributed by atoms with E-state index >= 15 is 0 Å². The third kappa shape index (κ3) is 5.32. The van der Waals surface area contributed by atoms with Crippen molar-refractivity contribution in [3.8, 4) is 17.4 Å². The fourth-order valence-corrected chi connectivity index (χ4v) is 2.16. The summed E-state index contributed by atoms with van der Waals surface area (Å²) >= 11 is 5.25. The minimum absolute atomic E-state index is 0.0222. The van der Waals surface area contributed by atoms with Crippen LogP contribution in [0.25, 0.3) is 0 Å². The van der Waals surface area contributed by atoms with Gasteiger partial charge >= 0.3 is 6.18 Å². The van der Waals surface area contributed by atoms with Crippen LogP contribution in [0.15, 0.2) is 36.4 Å². The molecule has 0 radical (unpaired) electrons. The molecule has 0 amide bonds. The van der Waals surface area contributed by atoms with Crippen LogP contribution < -0.4 is 14.8 Å². The summed E-state index contributed by atoms with van der Waals surface area (Å²) in [6.07, 6.45) is -3.56. The first-order valence-corrected chi connectivity index (χ1v) is 7.93. The Labute approximate surface area is 149 Å². The summed E-state index contributed by atoms with van der Waals surface area (Å²) in [4.78, 5) is 4.65. The van der Waals surface area contributed by atoms with E-state index in [-0.39, 0.29) is 11.6 Å². The number of thiocarbonyl (C=S) groups is 1.